The summed E-state index contributed by atoms with van der Waals surface area (Å²) in [6, 6.07) is 8.24. The Kier molecular flexibility index (Phi) is 5.38. The Hall–Kier alpha value is -2.47. The van der Waals surface area contributed by atoms with Crippen LogP contribution in [0.2, 0.25) is 0 Å². The highest BCUT2D eigenvalue weighted by Crippen LogP contribution is 2.23. The quantitative estimate of drug-likeness (QED) is 0.873. The number of aliphatic hydroxyl groups excluding tert-OH is 1. The summed E-state index contributed by atoms with van der Waals surface area (Å²) in [4.78, 5) is 22.2. The molecule has 0 atom stereocenters. The SMILES string of the molecule is O=C(NCc1ccc(N2CCC(CO)CC2)cc1)c1cnccn1. The average molecular weight is 326 g/mol. The summed E-state index contributed by atoms with van der Waals surface area (Å²) in [5.74, 6) is 0.218. The van der Waals surface area contributed by atoms with Crippen molar-refractivity contribution in [2.45, 2.75) is 19.4 Å². The molecule has 0 bridgehead atoms. The van der Waals surface area contributed by atoms with E-state index >= 15 is 0 Å². The van der Waals surface area contributed by atoms with E-state index in [9.17, 15) is 9.90 Å². The van der Waals surface area contributed by atoms with Crippen LogP contribution >= 0.6 is 0 Å². The van der Waals surface area contributed by atoms with Crippen LogP contribution in [0.1, 0.15) is 28.9 Å². The molecule has 1 aliphatic heterocycles. The van der Waals surface area contributed by atoms with Gasteiger partial charge in [-0.2, -0.15) is 0 Å². The number of aromatic nitrogens is 2. The molecule has 0 radical (unpaired) electrons. The van der Waals surface area contributed by atoms with Crippen molar-refractivity contribution in [3.05, 3.63) is 54.1 Å². The molecule has 0 unspecified atom stereocenters. The van der Waals surface area contributed by atoms with Gasteiger partial charge in [-0.25, -0.2) is 4.98 Å². The van der Waals surface area contributed by atoms with Gasteiger partial charge < -0.3 is 15.3 Å². The van der Waals surface area contributed by atoms with E-state index in [4.69, 9.17) is 0 Å². The first-order valence-corrected chi connectivity index (χ1v) is 8.25. The Balaban J connectivity index is 1.52. The molecule has 126 valence electrons. The monoisotopic (exact) mass is 326 g/mol. The summed E-state index contributed by atoms with van der Waals surface area (Å²) in [6.45, 7) is 2.71. The first-order valence-electron chi connectivity index (χ1n) is 8.25. The van der Waals surface area contributed by atoms with Gasteiger partial charge in [-0.05, 0) is 36.5 Å². The standard InChI is InChI=1S/C18H22N4O2/c23-13-15-5-9-22(10-6-15)16-3-1-14(2-4-16)11-21-18(24)17-12-19-7-8-20-17/h1-4,7-8,12,15,23H,5-6,9-11,13H2,(H,21,24). The molecule has 1 aliphatic rings. The van der Waals surface area contributed by atoms with Gasteiger partial charge >= 0.3 is 0 Å². The van der Waals surface area contributed by atoms with Crippen LogP contribution in [0.15, 0.2) is 42.9 Å². The van der Waals surface area contributed by atoms with E-state index in [0.717, 1.165) is 31.5 Å². The second-order valence-corrected chi connectivity index (χ2v) is 6.05. The number of nitrogens with one attached hydrogen (secondary N) is 1. The minimum absolute atomic E-state index is 0.224. The molecule has 1 aromatic heterocycles. The fourth-order valence-electron chi connectivity index (χ4n) is 2.89. The molecule has 1 fully saturated rings. The summed E-state index contributed by atoms with van der Waals surface area (Å²) in [5, 5.41) is 12.1. The number of hydrogen-bond acceptors (Lipinski definition) is 5. The van der Waals surface area contributed by atoms with Gasteiger partial charge in [-0.1, -0.05) is 12.1 Å². The molecule has 3 rings (SSSR count). The number of nitrogens with zero attached hydrogens (tertiary/aromatic N) is 3. The van der Waals surface area contributed by atoms with Crippen molar-refractivity contribution in [2.24, 2.45) is 5.92 Å². The lowest BCUT2D eigenvalue weighted by molar-refractivity contribution is 0.0945. The number of hydrogen-bond donors (Lipinski definition) is 2. The minimum atomic E-state index is -0.224. The Morgan fingerprint density at radius 3 is 2.58 bits per heavy atom. The highest BCUT2D eigenvalue weighted by atomic mass is 16.3. The Labute approximate surface area is 141 Å². The Bertz CT molecular complexity index is 652. The molecule has 0 aliphatic carbocycles. The fourth-order valence-corrected chi connectivity index (χ4v) is 2.89. The van der Waals surface area contributed by atoms with Crippen molar-refractivity contribution in [1.82, 2.24) is 15.3 Å². The van der Waals surface area contributed by atoms with E-state index in [2.05, 4.69) is 32.3 Å². The number of carbonyl (C=O) groups is 1. The third-order valence-corrected chi connectivity index (χ3v) is 4.42. The van der Waals surface area contributed by atoms with Gasteiger partial charge in [-0.15, -0.1) is 0 Å². The summed E-state index contributed by atoms with van der Waals surface area (Å²) in [7, 11) is 0. The van der Waals surface area contributed by atoms with Crippen LogP contribution in [0.4, 0.5) is 5.69 Å². The lowest BCUT2D eigenvalue weighted by atomic mass is 9.97. The molecule has 2 heterocycles. The van der Waals surface area contributed by atoms with Crippen LogP contribution in [0.5, 0.6) is 0 Å². The molecule has 24 heavy (non-hydrogen) atoms. The molecule has 6 nitrogen and oxygen atoms in total. The predicted molar refractivity (Wildman–Crippen MR) is 91.7 cm³/mol. The van der Waals surface area contributed by atoms with Crippen molar-refractivity contribution in [3.63, 3.8) is 0 Å². The van der Waals surface area contributed by atoms with Crippen LogP contribution in [0, 0.1) is 5.92 Å². The third-order valence-electron chi connectivity index (χ3n) is 4.42. The zero-order chi connectivity index (χ0) is 16.8. The first kappa shape index (κ1) is 16.4. The number of carbonyl (C=O) groups excluding carboxylic acids is 1. The molecular formula is C18H22N4O2. The van der Waals surface area contributed by atoms with Crippen molar-refractivity contribution in [1.29, 1.82) is 0 Å². The zero-order valence-electron chi connectivity index (χ0n) is 13.6. The molecule has 0 saturated carbocycles. The number of amides is 1. The molecule has 6 heteroatoms. The van der Waals surface area contributed by atoms with Gasteiger partial charge in [0.25, 0.3) is 5.91 Å². The maximum absolute atomic E-state index is 11.9. The summed E-state index contributed by atoms with van der Waals surface area (Å²) >= 11 is 0. The van der Waals surface area contributed by atoms with E-state index < -0.39 is 0 Å². The molecule has 0 spiro atoms. The Morgan fingerprint density at radius 1 is 1.21 bits per heavy atom. The second kappa shape index (κ2) is 7.88. The van der Waals surface area contributed by atoms with Crippen molar-refractivity contribution in [3.8, 4) is 0 Å². The van der Waals surface area contributed by atoms with E-state index in [1.54, 1.807) is 6.20 Å². The maximum Gasteiger partial charge on any atom is 0.271 e. The number of anilines is 1. The normalized spacial score (nSPS) is 15.3. The van der Waals surface area contributed by atoms with Gasteiger partial charge in [-0.3, -0.25) is 9.78 Å². The molecule has 1 aromatic carbocycles. The van der Waals surface area contributed by atoms with E-state index in [1.807, 2.05) is 12.1 Å². The largest absolute Gasteiger partial charge is 0.396 e. The number of piperidine rings is 1. The summed E-state index contributed by atoms with van der Waals surface area (Å²) in [5.41, 5.74) is 2.55. The topological polar surface area (TPSA) is 78.4 Å². The lowest BCUT2D eigenvalue weighted by Crippen LogP contribution is -2.34. The van der Waals surface area contributed by atoms with E-state index in [1.165, 1.54) is 18.1 Å². The van der Waals surface area contributed by atoms with Gasteiger partial charge in [0, 0.05) is 44.3 Å². The van der Waals surface area contributed by atoms with Crippen LogP contribution in [-0.4, -0.2) is 40.7 Å². The highest BCUT2D eigenvalue weighted by Gasteiger charge is 2.18. The van der Waals surface area contributed by atoms with Crippen LogP contribution in [0.25, 0.3) is 0 Å². The zero-order valence-corrected chi connectivity index (χ0v) is 13.6. The second-order valence-electron chi connectivity index (χ2n) is 6.05. The van der Waals surface area contributed by atoms with Crippen molar-refractivity contribution >= 4 is 11.6 Å². The smallest absolute Gasteiger partial charge is 0.271 e. The van der Waals surface area contributed by atoms with Gasteiger partial charge in [0.05, 0.1) is 6.20 Å². The fraction of sp³-hybridized carbons (Fsp3) is 0.389. The van der Waals surface area contributed by atoms with Gasteiger partial charge in [0.15, 0.2) is 0 Å². The molecule has 2 aromatic rings. The number of rotatable bonds is 5. The van der Waals surface area contributed by atoms with Crippen molar-refractivity contribution in [2.75, 3.05) is 24.6 Å². The lowest BCUT2D eigenvalue weighted by Gasteiger charge is -2.33. The van der Waals surface area contributed by atoms with Gasteiger partial charge in [0.2, 0.25) is 0 Å². The molecule has 1 saturated heterocycles. The minimum Gasteiger partial charge on any atom is -0.396 e. The van der Waals surface area contributed by atoms with E-state index in [0.29, 0.717) is 18.2 Å². The van der Waals surface area contributed by atoms with Crippen LogP contribution < -0.4 is 10.2 Å². The van der Waals surface area contributed by atoms with Gasteiger partial charge in [0.1, 0.15) is 5.69 Å². The Morgan fingerprint density at radius 2 is 1.96 bits per heavy atom. The maximum atomic E-state index is 11.9. The number of aliphatic hydroxyl groups is 1. The molecule has 1 amide bonds. The third kappa shape index (κ3) is 4.08. The highest BCUT2D eigenvalue weighted by molar-refractivity contribution is 5.91. The van der Waals surface area contributed by atoms with Crippen LogP contribution in [0.3, 0.4) is 0 Å². The van der Waals surface area contributed by atoms with Crippen LogP contribution in [-0.2, 0) is 6.54 Å². The molecular weight excluding hydrogens is 304 g/mol. The van der Waals surface area contributed by atoms with E-state index in [-0.39, 0.29) is 12.5 Å². The number of benzene rings is 1. The average Bonchev–Trinajstić information content (AvgIpc) is 2.67. The van der Waals surface area contributed by atoms with Crippen molar-refractivity contribution < 1.29 is 9.90 Å². The predicted octanol–water partition coefficient (Wildman–Crippen LogP) is 1.62. The first-order chi connectivity index (χ1) is 11.8. The summed E-state index contributed by atoms with van der Waals surface area (Å²) < 4.78 is 0. The molecule has 2 N–H and O–H groups in total. The summed E-state index contributed by atoms with van der Waals surface area (Å²) in [6.07, 6.45) is 6.57.